The second-order valence-corrected chi connectivity index (χ2v) is 4.56. The Hall–Kier alpha value is -0.830. The first-order valence-electron chi connectivity index (χ1n) is 5.41. The summed E-state index contributed by atoms with van der Waals surface area (Å²) in [6.07, 6.45) is 8.38. The maximum atomic E-state index is 6.06. The zero-order chi connectivity index (χ0) is 10.6. The van der Waals surface area contributed by atoms with Crippen molar-refractivity contribution >= 4 is 17.4 Å². The fourth-order valence-corrected chi connectivity index (χ4v) is 2.52. The van der Waals surface area contributed by atoms with Gasteiger partial charge in [0.1, 0.15) is 12.1 Å². The second-order valence-electron chi connectivity index (χ2n) is 4.29. The van der Waals surface area contributed by atoms with Crippen molar-refractivity contribution in [3.05, 3.63) is 18.6 Å². The maximum absolute atomic E-state index is 6.06. The molecular formula is C11H16ClN3. The van der Waals surface area contributed by atoms with E-state index in [2.05, 4.69) is 15.3 Å². The van der Waals surface area contributed by atoms with Crippen LogP contribution in [0.3, 0.4) is 0 Å². The molecule has 1 aromatic rings. The van der Waals surface area contributed by atoms with Gasteiger partial charge in [-0.25, -0.2) is 9.97 Å². The summed E-state index contributed by atoms with van der Waals surface area (Å²) in [7, 11) is 0. The van der Waals surface area contributed by atoms with Gasteiger partial charge in [-0.2, -0.15) is 0 Å². The van der Waals surface area contributed by atoms with Gasteiger partial charge in [0.25, 0.3) is 0 Å². The Labute approximate surface area is 95.3 Å². The van der Waals surface area contributed by atoms with E-state index < -0.39 is 0 Å². The highest BCUT2D eigenvalue weighted by molar-refractivity contribution is 6.18. The molecule has 1 aliphatic carbocycles. The van der Waals surface area contributed by atoms with Crippen LogP contribution < -0.4 is 5.32 Å². The third-order valence-electron chi connectivity index (χ3n) is 3.17. The van der Waals surface area contributed by atoms with Gasteiger partial charge in [0.05, 0.1) is 0 Å². The van der Waals surface area contributed by atoms with E-state index in [9.17, 15) is 0 Å². The van der Waals surface area contributed by atoms with Gasteiger partial charge in [-0.1, -0.05) is 12.8 Å². The number of halogens is 1. The lowest BCUT2D eigenvalue weighted by atomic mass is 9.88. The van der Waals surface area contributed by atoms with E-state index in [1.807, 2.05) is 6.07 Å². The molecule has 0 unspecified atom stereocenters. The molecule has 82 valence electrons. The van der Waals surface area contributed by atoms with Gasteiger partial charge < -0.3 is 5.32 Å². The van der Waals surface area contributed by atoms with Crippen LogP contribution in [-0.4, -0.2) is 22.4 Å². The van der Waals surface area contributed by atoms with Crippen LogP contribution >= 0.6 is 11.6 Å². The first kappa shape index (κ1) is 10.7. The van der Waals surface area contributed by atoms with Gasteiger partial charge in [-0.3, -0.25) is 0 Å². The second kappa shape index (κ2) is 4.79. The van der Waals surface area contributed by atoms with Gasteiger partial charge in [-0.05, 0) is 18.9 Å². The van der Waals surface area contributed by atoms with Crippen LogP contribution in [0.5, 0.6) is 0 Å². The normalized spacial score (nSPS) is 19.0. The van der Waals surface area contributed by atoms with E-state index in [1.165, 1.54) is 25.7 Å². The summed E-state index contributed by atoms with van der Waals surface area (Å²) in [5.74, 6) is 1.63. The summed E-state index contributed by atoms with van der Waals surface area (Å²) in [4.78, 5) is 8.03. The summed E-state index contributed by atoms with van der Waals surface area (Å²) in [5, 5.41) is 3.34. The molecule has 2 rings (SSSR count). The third-order valence-corrected chi connectivity index (χ3v) is 3.74. The Morgan fingerprint density at radius 2 is 2.20 bits per heavy atom. The quantitative estimate of drug-likeness (QED) is 0.801. The van der Waals surface area contributed by atoms with E-state index in [4.69, 9.17) is 11.6 Å². The molecule has 15 heavy (non-hydrogen) atoms. The SMILES string of the molecule is ClCC1(CNc2ccncn2)CCCC1. The number of nitrogens with one attached hydrogen (secondary N) is 1. The Balaban J connectivity index is 1.92. The summed E-state index contributed by atoms with van der Waals surface area (Å²) in [6, 6.07) is 1.89. The number of aromatic nitrogens is 2. The van der Waals surface area contributed by atoms with Crippen LogP contribution in [0.1, 0.15) is 25.7 Å². The molecule has 0 amide bonds. The molecule has 3 nitrogen and oxygen atoms in total. The first-order valence-corrected chi connectivity index (χ1v) is 5.94. The first-order chi connectivity index (χ1) is 7.35. The molecule has 1 heterocycles. The Kier molecular flexibility index (Phi) is 3.41. The molecule has 1 aromatic heterocycles. The lowest BCUT2D eigenvalue weighted by Crippen LogP contribution is -2.28. The van der Waals surface area contributed by atoms with Gasteiger partial charge in [0.2, 0.25) is 0 Å². The summed E-state index contributed by atoms with van der Waals surface area (Å²) >= 11 is 6.06. The number of hydrogen-bond acceptors (Lipinski definition) is 3. The Bertz CT molecular complexity index is 296. The lowest BCUT2D eigenvalue weighted by molar-refractivity contribution is 0.368. The highest BCUT2D eigenvalue weighted by Gasteiger charge is 2.32. The Morgan fingerprint density at radius 1 is 1.40 bits per heavy atom. The van der Waals surface area contributed by atoms with Gasteiger partial charge in [0.15, 0.2) is 0 Å². The van der Waals surface area contributed by atoms with E-state index >= 15 is 0 Å². The summed E-state index contributed by atoms with van der Waals surface area (Å²) in [5.41, 5.74) is 0.284. The fraction of sp³-hybridized carbons (Fsp3) is 0.636. The van der Waals surface area contributed by atoms with Crippen molar-refractivity contribution in [1.82, 2.24) is 9.97 Å². The van der Waals surface area contributed by atoms with Crippen LogP contribution in [0, 0.1) is 5.41 Å². The third kappa shape index (κ3) is 2.59. The smallest absolute Gasteiger partial charge is 0.129 e. The topological polar surface area (TPSA) is 37.8 Å². The standard InChI is InChI=1S/C11H16ClN3/c12-7-11(4-1-2-5-11)8-14-10-3-6-13-9-15-10/h3,6,9H,1-2,4-5,7-8H2,(H,13,14,15). The van der Waals surface area contributed by atoms with Gasteiger partial charge >= 0.3 is 0 Å². The minimum Gasteiger partial charge on any atom is -0.369 e. The molecule has 0 spiro atoms. The molecule has 1 fully saturated rings. The monoisotopic (exact) mass is 225 g/mol. The number of nitrogens with zero attached hydrogens (tertiary/aromatic N) is 2. The molecule has 0 aromatic carbocycles. The maximum Gasteiger partial charge on any atom is 0.129 e. The van der Waals surface area contributed by atoms with Crippen molar-refractivity contribution in [1.29, 1.82) is 0 Å². The number of hydrogen-bond donors (Lipinski definition) is 1. The Morgan fingerprint density at radius 3 is 2.80 bits per heavy atom. The van der Waals surface area contributed by atoms with Crippen LogP contribution in [0.4, 0.5) is 5.82 Å². The van der Waals surface area contributed by atoms with Crippen molar-refractivity contribution in [3.63, 3.8) is 0 Å². The van der Waals surface area contributed by atoms with Crippen LogP contribution in [0.25, 0.3) is 0 Å². The molecule has 1 saturated carbocycles. The van der Waals surface area contributed by atoms with Crippen molar-refractivity contribution in [2.24, 2.45) is 5.41 Å². The number of anilines is 1. The molecule has 0 atom stereocenters. The number of alkyl halides is 1. The highest BCUT2D eigenvalue weighted by Crippen LogP contribution is 2.39. The van der Waals surface area contributed by atoms with Gasteiger partial charge in [-0.15, -0.1) is 11.6 Å². The molecule has 4 heteroatoms. The molecule has 0 saturated heterocycles. The molecule has 0 bridgehead atoms. The van der Waals surface area contributed by atoms with Crippen molar-refractivity contribution in [3.8, 4) is 0 Å². The lowest BCUT2D eigenvalue weighted by Gasteiger charge is -2.26. The molecule has 1 N–H and O–H groups in total. The zero-order valence-corrected chi connectivity index (χ0v) is 9.50. The zero-order valence-electron chi connectivity index (χ0n) is 8.75. The number of rotatable bonds is 4. The van der Waals surface area contributed by atoms with E-state index in [0.717, 1.165) is 18.2 Å². The van der Waals surface area contributed by atoms with Crippen LogP contribution in [-0.2, 0) is 0 Å². The van der Waals surface area contributed by atoms with E-state index in [-0.39, 0.29) is 5.41 Å². The van der Waals surface area contributed by atoms with Crippen molar-refractivity contribution in [2.75, 3.05) is 17.7 Å². The van der Waals surface area contributed by atoms with Crippen molar-refractivity contribution < 1.29 is 0 Å². The molecule has 0 aliphatic heterocycles. The van der Waals surface area contributed by atoms with E-state index in [1.54, 1.807) is 12.5 Å². The van der Waals surface area contributed by atoms with Crippen LogP contribution in [0.15, 0.2) is 18.6 Å². The molecule has 1 aliphatic rings. The minimum atomic E-state index is 0.284. The molecular weight excluding hydrogens is 210 g/mol. The average Bonchev–Trinajstić information content (AvgIpc) is 2.77. The fourth-order valence-electron chi connectivity index (χ4n) is 2.16. The summed E-state index contributed by atoms with van der Waals surface area (Å²) < 4.78 is 0. The predicted octanol–water partition coefficient (Wildman–Crippen LogP) is 2.69. The minimum absolute atomic E-state index is 0.284. The van der Waals surface area contributed by atoms with Crippen molar-refractivity contribution in [2.45, 2.75) is 25.7 Å². The largest absolute Gasteiger partial charge is 0.369 e. The van der Waals surface area contributed by atoms with Gasteiger partial charge in [0, 0.05) is 24.0 Å². The van der Waals surface area contributed by atoms with E-state index in [0.29, 0.717) is 0 Å². The molecule has 0 radical (unpaired) electrons. The predicted molar refractivity (Wildman–Crippen MR) is 62.1 cm³/mol. The average molecular weight is 226 g/mol. The van der Waals surface area contributed by atoms with Crippen LogP contribution in [0.2, 0.25) is 0 Å². The highest BCUT2D eigenvalue weighted by atomic mass is 35.5. The summed E-state index contributed by atoms with van der Waals surface area (Å²) in [6.45, 7) is 0.924.